The molecule has 4 heteroatoms. The zero-order chi connectivity index (χ0) is 15.2. The first-order chi connectivity index (χ1) is 10.8. The van der Waals surface area contributed by atoms with Crippen LogP contribution in [-0.2, 0) is 13.1 Å². The fourth-order valence-corrected chi connectivity index (χ4v) is 2.90. The summed E-state index contributed by atoms with van der Waals surface area (Å²) in [5.74, 6) is 0.687. The minimum absolute atomic E-state index is 0.0703. The summed E-state index contributed by atoms with van der Waals surface area (Å²) in [5.41, 5.74) is 1.84. The van der Waals surface area contributed by atoms with Gasteiger partial charge < -0.3 is 15.1 Å². The normalized spacial score (nSPS) is 15.1. The molecule has 0 radical (unpaired) electrons. The summed E-state index contributed by atoms with van der Waals surface area (Å²) in [6.45, 7) is 1.24. The summed E-state index contributed by atoms with van der Waals surface area (Å²) >= 11 is 0. The van der Waals surface area contributed by atoms with Crippen molar-refractivity contribution < 1.29 is 9.21 Å². The van der Waals surface area contributed by atoms with Crippen molar-refractivity contribution >= 4 is 5.91 Å². The van der Waals surface area contributed by atoms with E-state index in [4.69, 9.17) is 4.42 Å². The second-order valence-corrected chi connectivity index (χ2v) is 5.82. The van der Waals surface area contributed by atoms with Gasteiger partial charge in [-0.25, -0.2) is 0 Å². The monoisotopic (exact) mass is 298 g/mol. The van der Waals surface area contributed by atoms with E-state index >= 15 is 0 Å². The maximum Gasteiger partial charge on any atom is 0.251 e. The van der Waals surface area contributed by atoms with Crippen LogP contribution in [0.1, 0.15) is 47.4 Å². The molecule has 0 saturated heterocycles. The summed E-state index contributed by atoms with van der Waals surface area (Å²) in [4.78, 5) is 12.2. The minimum Gasteiger partial charge on any atom is -0.467 e. The standard InChI is InChI=1S/C18H22N2O2/c21-18(20-13-17-9-4-10-22-17)15-6-3-5-14(11-15)12-19-16-7-1-2-8-16/h3-6,9-11,16,19H,1-2,7-8,12-13H2,(H,20,21). The maximum absolute atomic E-state index is 12.2. The average Bonchev–Trinajstić information content (AvgIpc) is 3.24. The van der Waals surface area contributed by atoms with E-state index in [-0.39, 0.29) is 5.91 Å². The smallest absolute Gasteiger partial charge is 0.251 e. The number of rotatable bonds is 6. The van der Waals surface area contributed by atoms with Crippen molar-refractivity contribution in [1.29, 1.82) is 0 Å². The molecule has 1 fully saturated rings. The van der Waals surface area contributed by atoms with Crippen LogP contribution in [0.25, 0.3) is 0 Å². The number of benzene rings is 1. The van der Waals surface area contributed by atoms with Crippen molar-refractivity contribution in [2.75, 3.05) is 0 Å². The molecule has 2 aromatic rings. The van der Waals surface area contributed by atoms with Crippen molar-refractivity contribution in [3.8, 4) is 0 Å². The van der Waals surface area contributed by atoms with Gasteiger partial charge in [0.2, 0.25) is 0 Å². The van der Waals surface area contributed by atoms with Crippen LogP contribution in [0.4, 0.5) is 0 Å². The molecule has 3 rings (SSSR count). The number of furan rings is 1. The first-order valence-electron chi connectivity index (χ1n) is 7.94. The van der Waals surface area contributed by atoms with Gasteiger partial charge in [0.05, 0.1) is 12.8 Å². The Balaban J connectivity index is 1.54. The van der Waals surface area contributed by atoms with Gasteiger partial charge in [-0.2, -0.15) is 0 Å². The van der Waals surface area contributed by atoms with E-state index in [1.54, 1.807) is 6.26 Å². The second-order valence-electron chi connectivity index (χ2n) is 5.82. The Kier molecular flexibility index (Phi) is 4.91. The summed E-state index contributed by atoms with van der Waals surface area (Å²) in [6.07, 6.45) is 6.79. The highest BCUT2D eigenvalue weighted by Crippen LogP contribution is 2.18. The van der Waals surface area contributed by atoms with Crippen LogP contribution < -0.4 is 10.6 Å². The minimum atomic E-state index is -0.0703. The Morgan fingerprint density at radius 2 is 2.00 bits per heavy atom. The van der Waals surface area contributed by atoms with Gasteiger partial charge in [0.25, 0.3) is 5.91 Å². The Bertz CT molecular complexity index is 601. The first kappa shape index (κ1) is 14.9. The van der Waals surface area contributed by atoms with Crippen molar-refractivity contribution in [3.05, 3.63) is 59.5 Å². The van der Waals surface area contributed by atoms with Gasteiger partial charge in [0.1, 0.15) is 5.76 Å². The number of nitrogens with one attached hydrogen (secondary N) is 2. The molecule has 0 bridgehead atoms. The van der Waals surface area contributed by atoms with E-state index in [2.05, 4.69) is 16.7 Å². The summed E-state index contributed by atoms with van der Waals surface area (Å²) < 4.78 is 5.21. The zero-order valence-electron chi connectivity index (χ0n) is 12.7. The van der Waals surface area contributed by atoms with Gasteiger partial charge in [-0.15, -0.1) is 0 Å². The number of carbonyl (C=O) groups is 1. The lowest BCUT2D eigenvalue weighted by atomic mass is 10.1. The molecule has 1 heterocycles. The number of amides is 1. The van der Waals surface area contributed by atoms with Crippen LogP contribution >= 0.6 is 0 Å². The largest absolute Gasteiger partial charge is 0.467 e. The van der Waals surface area contributed by atoms with Gasteiger partial charge in [-0.05, 0) is 42.7 Å². The van der Waals surface area contributed by atoms with Gasteiger partial charge >= 0.3 is 0 Å². The van der Waals surface area contributed by atoms with Gasteiger partial charge in [-0.1, -0.05) is 25.0 Å². The highest BCUT2D eigenvalue weighted by Gasteiger charge is 2.14. The van der Waals surface area contributed by atoms with Crippen LogP contribution in [0.2, 0.25) is 0 Å². The van der Waals surface area contributed by atoms with Crippen LogP contribution in [-0.4, -0.2) is 11.9 Å². The number of hydrogen-bond donors (Lipinski definition) is 2. The van der Waals surface area contributed by atoms with Crippen LogP contribution in [0.5, 0.6) is 0 Å². The summed E-state index contributed by atoms with van der Waals surface area (Å²) in [5, 5.41) is 6.44. The zero-order valence-corrected chi connectivity index (χ0v) is 12.7. The molecule has 2 N–H and O–H groups in total. The van der Waals surface area contributed by atoms with Crippen LogP contribution in [0.15, 0.2) is 47.1 Å². The molecule has 1 saturated carbocycles. The third-order valence-electron chi connectivity index (χ3n) is 4.14. The van der Waals surface area contributed by atoms with Crippen molar-refractivity contribution in [2.45, 2.75) is 44.8 Å². The third kappa shape index (κ3) is 3.98. The average molecular weight is 298 g/mol. The maximum atomic E-state index is 12.2. The molecule has 116 valence electrons. The molecule has 0 unspecified atom stereocenters. The first-order valence-corrected chi connectivity index (χ1v) is 7.94. The number of carbonyl (C=O) groups excluding carboxylic acids is 1. The van der Waals surface area contributed by atoms with Gasteiger partial charge in [0.15, 0.2) is 0 Å². The number of hydrogen-bond acceptors (Lipinski definition) is 3. The topological polar surface area (TPSA) is 54.3 Å². The van der Waals surface area contributed by atoms with E-state index in [1.165, 1.54) is 25.7 Å². The van der Waals surface area contributed by atoms with Gasteiger partial charge in [-0.3, -0.25) is 4.79 Å². The predicted molar refractivity (Wildman–Crippen MR) is 85.4 cm³/mol. The van der Waals surface area contributed by atoms with Gasteiger partial charge in [0, 0.05) is 18.2 Å². The molecule has 22 heavy (non-hydrogen) atoms. The van der Waals surface area contributed by atoms with Crippen molar-refractivity contribution in [1.82, 2.24) is 10.6 Å². The Labute approximate surface area is 130 Å². The van der Waals surface area contributed by atoms with Crippen LogP contribution in [0, 0.1) is 0 Å². The van der Waals surface area contributed by atoms with E-state index in [9.17, 15) is 4.79 Å². The molecule has 1 aliphatic carbocycles. The van der Waals surface area contributed by atoms with E-state index in [1.807, 2.05) is 30.3 Å². The lowest BCUT2D eigenvalue weighted by Gasteiger charge is -2.12. The van der Waals surface area contributed by atoms with E-state index in [0.717, 1.165) is 17.9 Å². The second kappa shape index (κ2) is 7.27. The molecule has 1 amide bonds. The fourth-order valence-electron chi connectivity index (χ4n) is 2.90. The third-order valence-corrected chi connectivity index (χ3v) is 4.14. The molecule has 1 aliphatic rings. The fraction of sp³-hybridized carbons (Fsp3) is 0.389. The predicted octanol–water partition coefficient (Wildman–Crippen LogP) is 3.24. The SMILES string of the molecule is O=C(NCc1ccco1)c1cccc(CNC2CCCC2)c1. The molecular formula is C18H22N2O2. The quantitative estimate of drug-likeness (QED) is 0.861. The van der Waals surface area contributed by atoms with E-state index < -0.39 is 0 Å². The van der Waals surface area contributed by atoms with Crippen LogP contribution in [0.3, 0.4) is 0 Å². The Morgan fingerprint density at radius 3 is 2.77 bits per heavy atom. The molecule has 0 aliphatic heterocycles. The Hall–Kier alpha value is -2.07. The summed E-state index contributed by atoms with van der Waals surface area (Å²) in [7, 11) is 0. The highest BCUT2D eigenvalue weighted by molar-refractivity contribution is 5.94. The van der Waals surface area contributed by atoms with Crippen molar-refractivity contribution in [2.24, 2.45) is 0 Å². The van der Waals surface area contributed by atoms with Crippen molar-refractivity contribution in [3.63, 3.8) is 0 Å². The van der Waals surface area contributed by atoms with E-state index in [0.29, 0.717) is 18.2 Å². The molecule has 1 aromatic heterocycles. The summed E-state index contributed by atoms with van der Waals surface area (Å²) in [6, 6.07) is 12.1. The molecule has 0 spiro atoms. The lowest BCUT2D eigenvalue weighted by molar-refractivity contribution is 0.0948. The molecule has 4 nitrogen and oxygen atoms in total. The lowest BCUT2D eigenvalue weighted by Crippen LogP contribution is -2.26. The molecule has 1 aromatic carbocycles. The highest BCUT2D eigenvalue weighted by atomic mass is 16.3. The Morgan fingerprint density at radius 1 is 1.14 bits per heavy atom. The molecular weight excluding hydrogens is 276 g/mol. The molecule has 0 atom stereocenters.